The van der Waals surface area contributed by atoms with Crippen molar-refractivity contribution in [3.8, 4) is 22.9 Å². The lowest BCUT2D eigenvalue weighted by Gasteiger charge is -2.19. The number of ether oxygens (including phenoxy) is 2. The lowest BCUT2D eigenvalue weighted by atomic mass is 9.87. The summed E-state index contributed by atoms with van der Waals surface area (Å²) in [7, 11) is 1.68. The van der Waals surface area contributed by atoms with Crippen molar-refractivity contribution < 1.29 is 9.47 Å². The first-order chi connectivity index (χ1) is 14.5. The molecular weight excluding hydrogens is 372 g/mol. The molecule has 154 valence electrons. The first-order valence-corrected chi connectivity index (χ1v) is 10.3. The van der Waals surface area contributed by atoms with Gasteiger partial charge in [0.2, 0.25) is 0 Å². The number of imidazole rings is 1. The Morgan fingerprint density at radius 2 is 1.63 bits per heavy atom. The smallest absolute Gasteiger partial charge is 0.141 e. The van der Waals surface area contributed by atoms with Crippen molar-refractivity contribution in [2.45, 2.75) is 32.7 Å². The predicted molar refractivity (Wildman–Crippen MR) is 122 cm³/mol. The largest absolute Gasteiger partial charge is 0.497 e. The summed E-state index contributed by atoms with van der Waals surface area (Å²) in [6.45, 7) is 7.91. The highest BCUT2D eigenvalue weighted by Gasteiger charge is 2.14. The van der Waals surface area contributed by atoms with Gasteiger partial charge in [-0.05, 0) is 47.4 Å². The minimum absolute atomic E-state index is 0.139. The third-order valence-corrected chi connectivity index (χ3v) is 5.29. The first-order valence-electron chi connectivity index (χ1n) is 10.3. The van der Waals surface area contributed by atoms with Crippen LogP contribution in [0.15, 0.2) is 72.8 Å². The van der Waals surface area contributed by atoms with Crippen LogP contribution in [-0.4, -0.2) is 23.3 Å². The fourth-order valence-corrected chi connectivity index (χ4v) is 3.59. The van der Waals surface area contributed by atoms with Gasteiger partial charge in [-0.3, -0.25) is 0 Å². The Bertz CT molecular complexity index is 1140. The van der Waals surface area contributed by atoms with Crippen LogP contribution in [0.25, 0.3) is 22.4 Å². The number of hydrogen-bond acceptors (Lipinski definition) is 3. The van der Waals surface area contributed by atoms with Crippen molar-refractivity contribution in [2.24, 2.45) is 0 Å². The van der Waals surface area contributed by atoms with Gasteiger partial charge in [-0.25, -0.2) is 4.98 Å². The summed E-state index contributed by atoms with van der Waals surface area (Å²) >= 11 is 0. The highest BCUT2D eigenvalue weighted by molar-refractivity contribution is 5.80. The second kappa shape index (κ2) is 8.23. The molecule has 4 nitrogen and oxygen atoms in total. The van der Waals surface area contributed by atoms with Crippen molar-refractivity contribution in [2.75, 3.05) is 13.7 Å². The number of hydrogen-bond donors (Lipinski definition) is 0. The molecule has 0 aliphatic carbocycles. The molecule has 0 radical (unpaired) electrons. The van der Waals surface area contributed by atoms with Crippen LogP contribution >= 0.6 is 0 Å². The second-order valence-electron chi connectivity index (χ2n) is 8.43. The zero-order valence-corrected chi connectivity index (χ0v) is 18.1. The molecule has 0 amide bonds. The van der Waals surface area contributed by atoms with Gasteiger partial charge in [0.15, 0.2) is 0 Å². The van der Waals surface area contributed by atoms with Gasteiger partial charge in [0.1, 0.15) is 23.9 Å². The molecule has 3 aromatic carbocycles. The minimum atomic E-state index is 0.139. The van der Waals surface area contributed by atoms with Gasteiger partial charge in [0.05, 0.1) is 24.7 Å². The van der Waals surface area contributed by atoms with E-state index in [1.165, 1.54) is 5.56 Å². The number of rotatable bonds is 6. The number of aromatic nitrogens is 2. The fourth-order valence-electron chi connectivity index (χ4n) is 3.59. The summed E-state index contributed by atoms with van der Waals surface area (Å²) in [6.07, 6.45) is 0. The molecule has 1 aromatic heterocycles. The Kier molecular flexibility index (Phi) is 5.49. The maximum Gasteiger partial charge on any atom is 0.141 e. The van der Waals surface area contributed by atoms with E-state index in [0.29, 0.717) is 13.2 Å². The number of fused-ring (bicyclic) bond motifs is 1. The number of nitrogens with zero attached hydrogens (tertiary/aromatic N) is 2. The maximum absolute atomic E-state index is 6.06. The summed E-state index contributed by atoms with van der Waals surface area (Å²) in [5, 5.41) is 0. The van der Waals surface area contributed by atoms with Crippen LogP contribution in [0.4, 0.5) is 0 Å². The highest BCUT2D eigenvalue weighted by Crippen LogP contribution is 2.28. The number of benzene rings is 3. The Balaban J connectivity index is 1.57. The minimum Gasteiger partial charge on any atom is -0.497 e. The van der Waals surface area contributed by atoms with Crippen molar-refractivity contribution in [3.63, 3.8) is 0 Å². The summed E-state index contributed by atoms with van der Waals surface area (Å²) in [5.41, 5.74) is 4.54. The van der Waals surface area contributed by atoms with Crippen LogP contribution in [0.1, 0.15) is 26.3 Å². The molecule has 0 aliphatic rings. The Morgan fingerprint density at radius 3 is 2.37 bits per heavy atom. The van der Waals surface area contributed by atoms with Crippen LogP contribution in [-0.2, 0) is 12.0 Å². The van der Waals surface area contributed by atoms with E-state index in [1.807, 2.05) is 36.4 Å². The molecule has 0 atom stereocenters. The number of methoxy groups -OCH3 is 1. The van der Waals surface area contributed by atoms with E-state index >= 15 is 0 Å². The van der Waals surface area contributed by atoms with Crippen molar-refractivity contribution in [3.05, 3.63) is 78.4 Å². The van der Waals surface area contributed by atoms with Crippen molar-refractivity contribution >= 4 is 11.0 Å². The van der Waals surface area contributed by atoms with Crippen molar-refractivity contribution in [1.29, 1.82) is 0 Å². The second-order valence-corrected chi connectivity index (χ2v) is 8.43. The Labute approximate surface area is 178 Å². The Morgan fingerprint density at radius 1 is 0.867 bits per heavy atom. The third kappa shape index (κ3) is 4.18. The van der Waals surface area contributed by atoms with Crippen LogP contribution in [0.5, 0.6) is 11.5 Å². The van der Waals surface area contributed by atoms with Gasteiger partial charge in [-0.1, -0.05) is 57.2 Å². The molecule has 30 heavy (non-hydrogen) atoms. The molecule has 0 fully saturated rings. The van der Waals surface area contributed by atoms with Gasteiger partial charge in [-0.15, -0.1) is 0 Å². The molecule has 0 saturated carbocycles. The van der Waals surface area contributed by atoms with E-state index < -0.39 is 0 Å². The lowest BCUT2D eigenvalue weighted by Crippen LogP contribution is -2.11. The van der Waals surface area contributed by atoms with Gasteiger partial charge in [0, 0.05) is 5.56 Å². The zero-order chi connectivity index (χ0) is 21.1. The molecule has 4 rings (SSSR count). The SMILES string of the molecule is COc1cccc(-c2nc3ccccc3n2CCOc2ccc(C(C)(C)C)cc2)c1. The summed E-state index contributed by atoms with van der Waals surface area (Å²) in [6, 6.07) is 24.6. The van der Waals surface area contributed by atoms with Crippen molar-refractivity contribution in [1.82, 2.24) is 9.55 Å². The molecule has 1 heterocycles. The highest BCUT2D eigenvalue weighted by atomic mass is 16.5. The third-order valence-electron chi connectivity index (χ3n) is 5.29. The molecule has 0 saturated heterocycles. The quantitative estimate of drug-likeness (QED) is 0.393. The van der Waals surface area contributed by atoms with Crippen LogP contribution in [0.2, 0.25) is 0 Å². The van der Waals surface area contributed by atoms with Gasteiger partial charge in [0.25, 0.3) is 0 Å². The molecule has 0 unspecified atom stereocenters. The van der Waals surface area contributed by atoms with Gasteiger partial charge < -0.3 is 14.0 Å². The molecule has 0 spiro atoms. The predicted octanol–water partition coefficient (Wildman–Crippen LogP) is 6.09. The van der Waals surface area contributed by atoms with Gasteiger partial charge >= 0.3 is 0 Å². The van der Waals surface area contributed by atoms with E-state index in [0.717, 1.165) is 33.9 Å². The summed E-state index contributed by atoms with van der Waals surface area (Å²) in [5.74, 6) is 2.62. The summed E-state index contributed by atoms with van der Waals surface area (Å²) in [4.78, 5) is 4.87. The monoisotopic (exact) mass is 400 g/mol. The molecule has 0 N–H and O–H groups in total. The molecular formula is C26H28N2O2. The van der Waals surface area contributed by atoms with Crippen LogP contribution < -0.4 is 9.47 Å². The standard InChI is InChI=1S/C26H28N2O2/c1-26(2,3)20-12-14-21(15-13-20)30-17-16-28-24-11-6-5-10-23(24)27-25(28)19-8-7-9-22(18-19)29-4/h5-15,18H,16-17H2,1-4H3. The van der Waals surface area contributed by atoms with E-state index in [9.17, 15) is 0 Å². The maximum atomic E-state index is 6.06. The molecule has 0 aliphatic heterocycles. The van der Waals surface area contributed by atoms with Crippen LogP contribution in [0, 0.1) is 0 Å². The van der Waals surface area contributed by atoms with E-state index in [1.54, 1.807) is 7.11 Å². The van der Waals surface area contributed by atoms with Crippen LogP contribution in [0.3, 0.4) is 0 Å². The molecule has 4 heteroatoms. The van der Waals surface area contributed by atoms with E-state index in [4.69, 9.17) is 14.5 Å². The average molecular weight is 401 g/mol. The van der Waals surface area contributed by atoms with Gasteiger partial charge in [-0.2, -0.15) is 0 Å². The Hall–Kier alpha value is -3.27. The topological polar surface area (TPSA) is 36.3 Å². The first kappa shape index (κ1) is 20.0. The summed E-state index contributed by atoms with van der Waals surface area (Å²) < 4.78 is 13.7. The average Bonchev–Trinajstić information content (AvgIpc) is 3.12. The lowest BCUT2D eigenvalue weighted by molar-refractivity contribution is 0.300. The fraction of sp³-hybridized carbons (Fsp3) is 0.269. The number of para-hydroxylation sites is 2. The molecule has 0 bridgehead atoms. The normalized spacial score (nSPS) is 11.6. The zero-order valence-electron chi connectivity index (χ0n) is 18.1. The molecule has 4 aromatic rings. The van der Waals surface area contributed by atoms with E-state index in [-0.39, 0.29) is 5.41 Å². The van der Waals surface area contributed by atoms with E-state index in [2.05, 4.69) is 61.7 Å².